The molecule has 4 nitrogen and oxygen atoms in total. The fourth-order valence-corrected chi connectivity index (χ4v) is 0.426. The molecule has 2 unspecified atom stereocenters. The van der Waals surface area contributed by atoms with Crippen LogP contribution < -0.4 is 4.89 Å². The molecule has 0 spiro atoms. The van der Waals surface area contributed by atoms with Gasteiger partial charge in [0.2, 0.25) is 0 Å². The molecule has 0 aliphatic rings. The molecule has 0 aromatic carbocycles. The van der Waals surface area contributed by atoms with Crippen molar-refractivity contribution in [1.29, 1.82) is 0 Å². The van der Waals surface area contributed by atoms with Gasteiger partial charge in [-0.3, -0.25) is 4.21 Å². The molecule has 1 N–H and O–H groups in total. The van der Waals surface area contributed by atoms with Crippen LogP contribution in [0, 0.1) is 0 Å². The number of rotatable bonds is 4. The Morgan fingerprint density at radius 1 is 1.42 bits per heavy atom. The van der Waals surface area contributed by atoms with E-state index >= 15 is 0 Å². The molecule has 2 atom stereocenters. The Labute approximate surface area is 69.5 Å². The molecule has 74 valence electrons. The van der Waals surface area contributed by atoms with Crippen LogP contribution >= 0.6 is 0 Å². The number of hydrogen-bond donors (Lipinski definition) is 1. The predicted octanol–water partition coefficient (Wildman–Crippen LogP) is 0.643. The minimum absolute atomic E-state index is 0.266. The maximum Gasteiger partial charge on any atom is 0.304 e. The molecule has 0 fully saturated rings. The van der Waals surface area contributed by atoms with E-state index in [2.05, 4.69) is 4.84 Å². The summed E-state index contributed by atoms with van der Waals surface area (Å²) in [5.74, 6) is -7.16. The number of hydrogen-bond acceptors (Lipinski definition) is 3. The van der Waals surface area contributed by atoms with Crippen LogP contribution in [0.25, 0.3) is 0 Å². The van der Waals surface area contributed by atoms with Crippen LogP contribution in [-0.4, -0.2) is 20.5 Å². The molecule has 0 saturated carbocycles. The van der Waals surface area contributed by atoms with Crippen LogP contribution in [0.5, 0.6) is 0 Å². The van der Waals surface area contributed by atoms with Crippen LogP contribution in [0.4, 0.5) is 13.2 Å². The molecule has 8 heteroatoms. The van der Waals surface area contributed by atoms with E-state index in [1.807, 2.05) is 0 Å². The van der Waals surface area contributed by atoms with Crippen molar-refractivity contribution in [2.45, 2.75) is 25.6 Å². The maximum atomic E-state index is 12.6. The van der Waals surface area contributed by atoms with E-state index in [1.54, 1.807) is 0 Å². The molecule has 0 saturated heterocycles. The lowest BCUT2D eigenvalue weighted by atomic mass is 10.2. The van der Waals surface area contributed by atoms with Gasteiger partial charge in [0.15, 0.2) is 0 Å². The van der Waals surface area contributed by atoms with Gasteiger partial charge in [-0.25, -0.2) is 18.0 Å². The van der Waals surface area contributed by atoms with Gasteiger partial charge in [-0.05, 0) is 0 Å². The largest absolute Gasteiger partial charge is 0.758 e. The van der Waals surface area contributed by atoms with Gasteiger partial charge in [-0.15, -0.1) is 4.89 Å². The van der Waals surface area contributed by atoms with Crippen molar-refractivity contribution in [3.8, 4) is 0 Å². The van der Waals surface area contributed by atoms with Crippen LogP contribution in [0.1, 0.15) is 13.8 Å². The van der Waals surface area contributed by atoms with Crippen molar-refractivity contribution in [2.75, 3.05) is 0 Å². The highest BCUT2D eigenvalue weighted by Crippen LogP contribution is 2.31. The quantitative estimate of drug-likeness (QED) is 0.542. The van der Waals surface area contributed by atoms with Crippen molar-refractivity contribution < 1.29 is 26.8 Å². The monoisotopic (exact) mass is 206 g/mol. The molecule has 0 heterocycles. The summed E-state index contributed by atoms with van der Waals surface area (Å²) in [5.41, 5.74) is 0. The van der Waals surface area contributed by atoms with E-state index in [-0.39, 0.29) is 6.92 Å². The topological polar surface area (TPSA) is 61.4 Å². The summed E-state index contributed by atoms with van der Waals surface area (Å²) in [6.07, 6.45) is 0. The first-order valence-corrected chi connectivity index (χ1v) is 3.84. The lowest BCUT2D eigenvalue weighted by molar-refractivity contribution is -0.273. The van der Waals surface area contributed by atoms with Crippen LogP contribution in [0.3, 0.4) is 0 Å². The first kappa shape index (κ1) is 11.8. The molecular formula is C4H7F3NO3S-. The molecule has 0 rings (SSSR count). The first-order valence-electron chi connectivity index (χ1n) is 2.76. The van der Waals surface area contributed by atoms with Gasteiger partial charge < -0.3 is 4.55 Å². The minimum Gasteiger partial charge on any atom is -0.758 e. The summed E-state index contributed by atoms with van der Waals surface area (Å²) in [6.45, 7) is 0.676. The van der Waals surface area contributed by atoms with E-state index in [0.29, 0.717) is 6.92 Å². The molecule has 0 aromatic rings. The van der Waals surface area contributed by atoms with E-state index in [1.165, 1.54) is 0 Å². The number of nitrogens with one attached hydrogen (secondary N) is 1. The van der Waals surface area contributed by atoms with Gasteiger partial charge in [-0.1, -0.05) is 0 Å². The van der Waals surface area contributed by atoms with Crippen LogP contribution in [0.15, 0.2) is 0 Å². The highest BCUT2D eigenvalue weighted by Gasteiger charge is 2.49. The predicted molar refractivity (Wildman–Crippen MR) is 33.3 cm³/mol. The smallest absolute Gasteiger partial charge is 0.304 e. The van der Waals surface area contributed by atoms with Crippen LogP contribution in [0.2, 0.25) is 0 Å². The summed E-state index contributed by atoms with van der Waals surface area (Å²) in [7, 11) is 0. The van der Waals surface area contributed by atoms with Crippen LogP contribution in [-0.2, 0) is 16.1 Å². The maximum absolute atomic E-state index is 12.6. The van der Waals surface area contributed by atoms with Crippen molar-refractivity contribution in [3.05, 3.63) is 0 Å². The minimum atomic E-state index is -3.79. The lowest BCUT2D eigenvalue weighted by Crippen LogP contribution is -2.45. The van der Waals surface area contributed by atoms with Gasteiger partial charge in [0.1, 0.15) is 0 Å². The second kappa shape index (κ2) is 3.69. The zero-order chi connectivity index (χ0) is 9.99. The third-order valence-electron chi connectivity index (χ3n) is 1.09. The van der Waals surface area contributed by atoms with Gasteiger partial charge in [0.05, 0.1) is 0 Å². The van der Waals surface area contributed by atoms with Gasteiger partial charge in [0, 0.05) is 25.1 Å². The molecular weight excluding hydrogens is 199 g/mol. The van der Waals surface area contributed by atoms with Gasteiger partial charge in [0.25, 0.3) is 5.85 Å². The zero-order valence-corrected chi connectivity index (χ0v) is 7.08. The van der Waals surface area contributed by atoms with E-state index in [4.69, 9.17) is 0 Å². The second-order valence-corrected chi connectivity index (χ2v) is 2.86. The first-order chi connectivity index (χ1) is 5.17. The van der Waals surface area contributed by atoms with Gasteiger partial charge >= 0.3 is 5.92 Å². The highest BCUT2D eigenvalue weighted by atomic mass is 32.2. The SMILES string of the molecule is CC(F)(F)C(C)(F)ONS(=O)[O-]. The Balaban J connectivity index is 4.14. The molecule has 12 heavy (non-hydrogen) atoms. The average Bonchev–Trinajstić information content (AvgIpc) is 1.81. The summed E-state index contributed by atoms with van der Waals surface area (Å²) in [6, 6.07) is 0. The van der Waals surface area contributed by atoms with Crippen molar-refractivity contribution >= 4 is 11.3 Å². The summed E-state index contributed by atoms with van der Waals surface area (Å²) in [5, 5.41) is 0. The fraction of sp³-hybridized carbons (Fsp3) is 1.00. The number of alkyl halides is 3. The Morgan fingerprint density at radius 3 is 2.08 bits per heavy atom. The summed E-state index contributed by atoms with van der Waals surface area (Å²) >= 11 is -2.94. The Bertz CT molecular complexity index is 181. The number of halogens is 3. The Kier molecular flexibility index (Phi) is 3.63. The Morgan fingerprint density at radius 2 is 1.83 bits per heavy atom. The third-order valence-corrected chi connectivity index (χ3v) is 1.30. The van der Waals surface area contributed by atoms with E-state index < -0.39 is 23.0 Å². The molecule has 0 bridgehead atoms. The normalized spacial score (nSPS) is 20.2. The zero-order valence-electron chi connectivity index (χ0n) is 6.27. The summed E-state index contributed by atoms with van der Waals surface area (Å²) < 4.78 is 56.5. The fourth-order valence-electron chi connectivity index (χ4n) is 0.202. The Hall–Kier alpha value is -0.180. The van der Waals surface area contributed by atoms with Crippen molar-refractivity contribution in [3.63, 3.8) is 0 Å². The average molecular weight is 206 g/mol. The van der Waals surface area contributed by atoms with Gasteiger partial charge in [-0.2, -0.15) is 0 Å². The molecule has 0 aliphatic carbocycles. The molecule has 0 radical (unpaired) electrons. The van der Waals surface area contributed by atoms with Crippen molar-refractivity contribution in [1.82, 2.24) is 4.89 Å². The lowest BCUT2D eigenvalue weighted by Gasteiger charge is -2.26. The van der Waals surface area contributed by atoms with Crippen molar-refractivity contribution in [2.24, 2.45) is 0 Å². The molecule has 0 aromatic heterocycles. The second-order valence-electron chi connectivity index (χ2n) is 2.23. The third kappa shape index (κ3) is 3.48. The van der Waals surface area contributed by atoms with E-state index in [9.17, 15) is 21.9 Å². The van der Waals surface area contributed by atoms with E-state index in [0.717, 1.165) is 4.89 Å². The highest BCUT2D eigenvalue weighted by molar-refractivity contribution is 7.76. The molecule has 0 amide bonds. The standard InChI is InChI=1S/C4H8F3NO3S/c1-3(5,6)4(2,7)11-8-12(9)10/h8H,1-2H3,(H,9,10)/p-1. The molecule has 0 aliphatic heterocycles. The summed E-state index contributed by atoms with van der Waals surface area (Å²) in [4.78, 5) is 4.63.